The Morgan fingerprint density at radius 2 is 1.65 bits per heavy atom. The van der Waals surface area contributed by atoms with Crippen molar-refractivity contribution in [1.82, 2.24) is 0 Å². The molecule has 0 radical (unpaired) electrons. The lowest BCUT2D eigenvalue weighted by atomic mass is 10.1. The van der Waals surface area contributed by atoms with Gasteiger partial charge in [-0.3, -0.25) is 9.11 Å². The van der Waals surface area contributed by atoms with Gasteiger partial charge in [0.05, 0.1) is 4.90 Å². The maximum Gasteiger partial charge on any atom is 0.295 e. The predicted octanol–water partition coefficient (Wildman–Crippen LogP) is 2.06. The van der Waals surface area contributed by atoms with Crippen molar-refractivity contribution in [2.45, 2.75) is 9.79 Å². The second-order valence-electron chi connectivity index (χ2n) is 3.80. The summed E-state index contributed by atoms with van der Waals surface area (Å²) >= 11 is 1.44. The standard InChI is InChI=1S/C10H7IO7S2/c11-18-8-5-7(19(12,13)14)4-6-2-1-3-9(10(6)8)20(15,16)17/h1-5H,(H,12,13,14)(H,15,16,17). The van der Waals surface area contributed by atoms with Gasteiger partial charge in [0.2, 0.25) is 0 Å². The highest BCUT2D eigenvalue weighted by Gasteiger charge is 2.21. The lowest BCUT2D eigenvalue weighted by molar-refractivity contribution is 0.482. The SMILES string of the molecule is O=S(=O)(O)c1cc(OI)c2c(S(=O)(=O)O)cccc2c1. The van der Waals surface area contributed by atoms with Gasteiger partial charge in [-0.2, -0.15) is 16.8 Å². The highest BCUT2D eigenvalue weighted by molar-refractivity contribution is 14.1. The fourth-order valence-electron chi connectivity index (χ4n) is 1.75. The van der Waals surface area contributed by atoms with Crippen LogP contribution in [0.3, 0.4) is 0 Å². The van der Waals surface area contributed by atoms with Crippen LogP contribution in [0, 0.1) is 0 Å². The van der Waals surface area contributed by atoms with E-state index in [9.17, 15) is 21.4 Å². The van der Waals surface area contributed by atoms with E-state index in [1.807, 2.05) is 0 Å². The van der Waals surface area contributed by atoms with Crippen molar-refractivity contribution in [1.29, 1.82) is 0 Å². The molecule has 0 aromatic heterocycles. The van der Waals surface area contributed by atoms with E-state index < -0.39 is 30.0 Å². The van der Waals surface area contributed by atoms with Crippen molar-refractivity contribution in [2.24, 2.45) is 0 Å². The fraction of sp³-hybridized carbons (Fsp3) is 0. The summed E-state index contributed by atoms with van der Waals surface area (Å²) in [6.45, 7) is 0. The maximum absolute atomic E-state index is 11.3. The highest BCUT2D eigenvalue weighted by Crippen LogP contribution is 2.35. The van der Waals surface area contributed by atoms with Crippen LogP contribution in [0.2, 0.25) is 0 Å². The Bertz CT molecular complexity index is 887. The second kappa shape index (κ2) is 5.11. The first kappa shape index (κ1) is 15.4. The number of benzene rings is 2. The molecule has 108 valence electrons. The van der Waals surface area contributed by atoms with Crippen LogP contribution < -0.4 is 3.07 Å². The molecule has 0 spiro atoms. The molecule has 2 aromatic carbocycles. The van der Waals surface area contributed by atoms with Crippen molar-refractivity contribution < 1.29 is 29.0 Å². The maximum atomic E-state index is 11.3. The zero-order valence-corrected chi connectivity index (χ0v) is 13.3. The predicted molar refractivity (Wildman–Crippen MR) is 78.2 cm³/mol. The number of hydrogen-bond acceptors (Lipinski definition) is 5. The van der Waals surface area contributed by atoms with E-state index in [4.69, 9.17) is 7.62 Å². The third kappa shape index (κ3) is 2.88. The summed E-state index contributed by atoms with van der Waals surface area (Å²) in [7, 11) is -8.98. The summed E-state index contributed by atoms with van der Waals surface area (Å²) in [4.78, 5) is -0.854. The van der Waals surface area contributed by atoms with Gasteiger partial charge in [0.25, 0.3) is 20.2 Å². The van der Waals surface area contributed by atoms with Gasteiger partial charge in [0.15, 0.2) is 23.0 Å². The van der Waals surface area contributed by atoms with Gasteiger partial charge in [-0.25, -0.2) is 0 Å². The molecule has 0 saturated heterocycles. The minimum Gasteiger partial charge on any atom is -0.427 e. The van der Waals surface area contributed by atoms with E-state index >= 15 is 0 Å². The minimum atomic E-state index is -4.51. The van der Waals surface area contributed by atoms with E-state index in [1.165, 1.54) is 35.1 Å². The van der Waals surface area contributed by atoms with Gasteiger partial charge in [-0.15, -0.1) is 0 Å². The van der Waals surface area contributed by atoms with Gasteiger partial charge >= 0.3 is 0 Å². The molecule has 10 heteroatoms. The van der Waals surface area contributed by atoms with Crippen LogP contribution in [0.1, 0.15) is 0 Å². The van der Waals surface area contributed by atoms with Crippen molar-refractivity contribution in [3.05, 3.63) is 30.3 Å². The van der Waals surface area contributed by atoms with Crippen LogP contribution in [0.4, 0.5) is 0 Å². The molecule has 0 aliphatic rings. The zero-order valence-electron chi connectivity index (χ0n) is 9.52. The molecule has 0 fully saturated rings. The lowest BCUT2D eigenvalue weighted by Gasteiger charge is -2.09. The van der Waals surface area contributed by atoms with Crippen molar-refractivity contribution in [3.63, 3.8) is 0 Å². The van der Waals surface area contributed by atoms with Gasteiger partial charge in [0.1, 0.15) is 10.6 Å². The van der Waals surface area contributed by atoms with Gasteiger partial charge in [-0.1, -0.05) is 12.1 Å². The first-order chi connectivity index (χ1) is 9.14. The normalized spacial score (nSPS) is 12.6. The number of rotatable bonds is 3. The monoisotopic (exact) mass is 430 g/mol. The van der Waals surface area contributed by atoms with E-state index in [2.05, 4.69) is 0 Å². The summed E-state index contributed by atoms with van der Waals surface area (Å²) in [5.74, 6) is -0.107. The smallest absolute Gasteiger partial charge is 0.295 e. The van der Waals surface area contributed by atoms with Crippen LogP contribution in [0.15, 0.2) is 40.1 Å². The Morgan fingerprint density at radius 3 is 2.15 bits per heavy atom. The number of fused-ring (bicyclic) bond motifs is 1. The van der Waals surface area contributed by atoms with Crippen LogP contribution in [0.25, 0.3) is 10.8 Å². The molecule has 0 unspecified atom stereocenters. The van der Waals surface area contributed by atoms with Crippen LogP contribution in [-0.2, 0) is 20.2 Å². The molecule has 2 aromatic rings. The fourth-order valence-corrected chi connectivity index (χ4v) is 3.36. The minimum absolute atomic E-state index is 0.0248. The average Bonchev–Trinajstić information content (AvgIpc) is 2.34. The summed E-state index contributed by atoms with van der Waals surface area (Å²) in [5, 5.41) is 0.207. The van der Waals surface area contributed by atoms with E-state index in [0.29, 0.717) is 0 Å². The first-order valence-corrected chi connectivity index (χ1v) is 8.71. The third-order valence-corrected chi connectivity index (χ3v) is 4.74. The molecule has 0 heterocycles. The Labute approximate surface area is 128 Å². The average molecular weight is 430 g/mol. The molecule has 0 bridgehead atoms. The summed E-state index contributed by atoms with van der Waals surface area (Å²) in [5.41, 5.74) is 0. The summed E-state index contributed by atoms with van der Waals surface area (Å²) in [6.07, 6.45) is 0. The summed E-state index contributed by atoms with van der Waals surface area (Å²) < 4.78 is 68.1. The Kier molecular flexibility index (Phi) is 3.94. The molecular formula is C10H7IO7S2. The summed E-state index contributed by atoms with van der Waals surface area (Å²) in [6, 6.07) is 5.97. The zero-order chi connectivity index (χ0) is 15.1. The van der Waals surface area contributed by atoms with Crippen molar-refractivity contribution in [2.75, 3.05) is 0 Å². The Balaban J connectivity index is 2.99. The topological polar surface area (TPSA) is 118 Å². The van der Waals surface area contributed by atoms with Crippen molar-refractivity contribution >= 4 is 54.0 Å². The van der Waals surface area contributed by atoms with Gasteiger partial charge in [-0.05, 0) is 17.5 Å². The second-order valence-corrected chi connectivity index (χ2v) is 7.05. The molecular weight excluding hydrogens is 423 g/mol. The molecule has 7 nitrogen and oxygen atoms in total. The van der Waals surface area contributed by atoms with E-state index in [1.54, 1.807) is 0 Å². The quantitative estimate of drug-likeness (QED) is 0.566. The van der Waals surface area contributed by atoms with Crippen LogP contribution in [-0.4, -0.2) is 25.9 Å². The van der Waals surface area contributed by atoms with Gasteiger partial charge in [0, 0.05) is 11.5 Å². The Hall–Kier alpha value is -0.950. The first-order valence-electron chi connectivity index (χ1n) is 4.95. The van der Waals surface area contributed by atoms with Crippen LogP contribution >= 0.6 is 23.0 Å². The van der Waals surface area contributed by atoms with Crippen LogP contribution in [0.5, 0.6) is 5.75 Å². The lowest BCUT2D eigenvalue weighted by Crippen LogP contribution is -2.02. The molecule has 0 saturated carbocycles. The molecule has 0 aliphatic carbocycles. The van der Waals surface area contributed by atoms with E-state index in [-0.39, 0.29) is 16.5 Å². The van der Waals surface area contributed by atoms with Gasteiger partial charge < -0.3 is 3.07 Å². The largest absolute Gasteiger partial charge is 0.427 e. The molecule has 2 N–H and O–H groups in total. The molecule has 0 amide bonds. The molecule has 0 aliphatic heterocycles. The molecule has 2 rings (SSSR count). The number of halogens is 1. The number of hydrogen-bond donors (Lipinski definition) is 2. The molecule has 20 heavy (non-hydrogen) atoms. The highest BCUT2D eigenvalue weighted by atomic mass is 127. The Morgan fingerprint density at radius 1 is 1.00 bits per heavy atom. The van der Waals surface area contributed by atoms with Crippen molar-refractivity contribution in [3.8, 4) is 5.75 Å². The third-order valence-electron chi connectivity index (χ3n) is 2.53. The molecule has 0 atom stereocenters. The van der Waals surface area contributed by atoms with E-state index in [0.717, 1.165) is 18.2 Å².